The van der Waals surface area contributed by atoms with E-state index >= 15 is 0 Å². The Morgan fingerprint density at radius 3 is 2.20 bits per heavy atom. The SMILES string of the molecule is CC.CC#CCC(N)CC. The maximum atomic E-state index is 5.56. The Morgan fingerprint density at radius 1 is 1.40 bits per heavy atom. The van der Waals surface area contributed by atoms with Crippen molar-refractivity contribution >= 4 is 0 Å². The van der Waals surface area contributed by atoms with Crippen LogP contribution in [0.2, 0.25) is 0 Å². The van der Waals surface area contributed by atoms with E-state index in [1.165, 1.54) is 0 Å². The fraction of sp³-hybridized carbons (Fsp3) is 0.778. The highest BCUT2D eigenvalue weighted by Crippen LogP contribution is 1.89. The molecule has 0 radical (unpaired) electrons. The summed E-state index contributed by atoms with van der Waals surface area (Å²) in [6.45, 7) is 7.91. The maximum absolute atomic E-state index is 5.56. The minimum absolute atomic E-state index is 0.280. The molecule has 0 aliphatic carbocycles. The van der Waals surface area contributed by atoms with Crippen molar-refractivity contribution in [3.05, 3.63) is 0 Å². The largest absolute Gasteiger partial charge is 0.327 e. The van der Waals surface area contributed by atoms with Gasteiger partial charge in [-0.2, -0.15) is 0 Å². The van der Waals surface area contributed by atoms with E-state index in [9.17, 15) is 0 Å². The second-order valence-electron chi connectivity index (χ2n) is 1.80. The molecule has 1 unspecified atom stereocenters. The zero-order valence-corrected chi connectivity index (χ0v) is 7.57. The second kappa shape index (κ2) is 11.3. The summed E-state index contributed by atoms with van der Waals surface area (Å²) >= 11 is 0. The molecule has 1 nitrogen and oxygen atoms in total. The Kier molecular flexibility index (Phi) is 13.9. The lowest BCUT2D eigenvalue weighted by Gasteiger charge is -1.99. The van der Waals surface area contributed by atoms with Crippen molar-refractivity contribution in [2.24, 2.45) is 5.73 Å². The molecule has 0 rings (SSSR count). The van der Waals surface area contributed by atoms with Gasteiger partial charge in [-0.25, -0.2) is 0 Å². The molecule has 0 saturated carbocycles. The second-order valence-corrected chi connectivity index (χ2v) is 1.80. The molecular formula is C9H19N. The van der Waals surface area contributed by atoms with Gasteiger partial charge in [-0.3, -0.25) is 0 Å². The molecule has 2 N–H and O–H groups in total. The number of nitrogens with two attached hydrogens (primary N) is 1. The van der Waals surface area contributed by atoms with Gasteiger partial charge in [0.25, 0.3) is 0 Å². The Morgan fingerprint density at radius 2 is 1.90 bits per heavy atom. The van der Waals surface area contributed by atoms with Gasteiger partial charge in [0.2, 0.25) is 0 Å². The third kappa shape index (κ3) is 10.5. The normalized spacial score (nSPS) is 10.1. The minimum Gasteiger partial charge on any atom is -0.327 e. The predicted octanol–water partition coefficient (Wildman–Crippen LogP) is 2.16. The van der Waals surface area contributed by atoms with E-state index in [-0.39, 0.29) is 6.04 Å². The average molecular weight is 141 g/mol. The van der Waals surface area contributed by atoms with Gasteiger partial charge >= 0.3 is 0 Å². The van der Waals surface area contributed by atoms with E-state index in [2.05, 4.69) is 18.8 Å². The smallest absolute Gasteiger partial charge is 0.0240 e. The van der Waals surface area contributed by atoms with Crippen LogP contribution in [0.15, 0.2) is 0 Å². The minimum atomic E-state index is 0.280. The van der Waals surface area contributed by atoms with Gasteiger partial charge in [-0.15, -0.1) is 11.8 Å². The van der Waals surface area contributed by atoms with Crippen LogP contribution in [0.25, 0.3) is 0 Å². The fourth-order valence-corrected chi connectivity index (χ4v) is 0.377. The third-order valence-corrected chi connectivity index (χ3v) is 1.07. The number of hydrogen-bond acceptors (Lipinski definition) is 1. The fourth-order valence-electron chi connectivity index (χ4n) is 0.377. The van der Waals surface area contributed by atoms with Gasteiger partial charge in [-0.1, -0.05) is 20.8 Å². The Balaban J connectivity index is 0. The highest BCUT2D eigenvalue weighted by Gasteiger charge is 1.91. The molecule has 0 aromatic heterocycles. The van der Waals surface area contributed by atoms with Crippen LogP contribution in [0.5, 0.6) is 0 Å². The quantitative estimate of drug-likeness (QED) is 0.586. The molecule has 1 atom stereocenters. The first-order chi connectivity index (χ1) is 4.81. The van der Waals surface area contributed by atoms with Crippen molar-refractivity contribution in [3.8, 4) is 11.8 Å². The highest BCUT2D eigenvalue weighted by molar-refractivity contribution is 4.97. The van der Waals surface area contributed by atoms with Gasteiger partial charge in [0.15, 0.2) is 0 Å². The summed E-state index contributed by atoms with van der Waals surface area (Å²) in [4.78, 5) is 0. The average Bonchev–Trinajstić information content (AvgIpc) is 2.04. The predicted molar refractivity (Wildman–Crippen MR) is 47.7 cm³/mol. The lowest BCUT2D eigenvalue weighted by molar-refractivity contribution is 0.669. The first kappa shape index (κ1) is 12.2. The van der Waals surface area contributed by atoms with Gasteiger partial charge in [0.1, 0.15) is 0 Å². The molecule has 0 saturated heterocycles. The van der Waals surface area contributed by atoms with Crippen molar-refractivity contribution in [1.29, 1.82) is 0 Å². The summed E-state index contributed by atoms with van der Waals surface area (Å²) < 4.78 is 0. The molecule has 0 aromatic rings. The van der Waals surface area contributed by atoms with E-state index in [1.54, 1.807) is 0 Å². The summed E-state index contributed by atoms with van der Waals surface area (Å²) in [7, 11) is 0. The van der Waals surface area contributed by atoms with E-state index in [0.717, 1.165) is 12.8 Å². The first-order valence-electron chi connectivity index (χ1n) is 3.96. The molecule has 60 valence electrons. The van der Waals surface area contributed by atoms with Gasteiger partial charge in [0.05, 0.1) is 0 Å². The van der Waals surface area contributed by atoms with Crippen LogP contribution in [-0.4, -0.2) is 6.04 Å². The third-order valence-electron chi connectivity index (χ3n) is 1.07. The summed E-state index contributed by atoms with van der Waals surface area (Å²) in [5.41, 5.74) is 5.56. The first-order valence-corrected chi connectivity index (χ1v) is 3.96. The van der Waals surface area contributed by atoms with Crippen LogP contribution >= 0.6 is 0 Å². The molecule has 0 heterocycles. The molecule has 0 aromatic carbocycles. The summed E-state index contributed by atoms with van der Waals surface area (Å²) in [5, 5.41) is 0. The number of rotatable bonds is 2. The van der Waals surface area contributed by atoms with Crippen LogP contribution in [0, 0.1) is 11.8 Å². The zero-order chi connectivity index (χ0) is 8.41. The highest BCUT2D eigenvalue weighted by atomic mass is 14.6. The molecule has 0 spiro atoms. The van der Waals surface area contributed by atoms with Crippen LogP contribution in [0.4, 0.5) is 0 Å². The lowest BCUT2D eigenvalue weighted by Crippen LogP contribution is -2.16. The Bertz CT molecular complexity index is 97.0. The molecular weight excluding hydrogens is 122 g/mol. The zero-order valence-electron chi connectivity index (χ0n) is 7.57. The monoisotopic (exact) mass is 141 g/mol. The Labute approximate surface area is 65.0 Å². The van der Waals surface area contributed by atoms with Crippen molar-refractivity contribution in [3.63, 3.8) is 0 Å². The van der Waals surface area contributed by atoms with E-state index in [1.807, 2.05) is 20.8 Å². The van der Waals surface area contributed by atoms with Crippen molar-refractivity contribution < 1.29 is 0 Å². The van der Waals surface area contributed by atoms with Crippen molar-refractivity contribution in [2.45, 2.75) is 46.6 Å². The van der Waals surface area contributed by atoms with Crippen LogP contribution in [-0.2, 0) is 0 Å². The standard InChI is InChI=1S/C7H13N.C2H6/c1-3-5-6-7(8)4-2;1-2/h7H,4,6,8H2,1-2H3;1-2H3. The van der Waals surface area contributed by atoms with Crippen molar-refractivity contribution in [1.82, 2.24) is 0 Å². The molecule has 1 heteroatoms. The maximum Gasteiger partial charge on any atom is 0.0240 e. The van der Waals surface area contributed by atoms with Gasteiger partial charge in [-0.05, 0) is 13.3 Å². The number of hydrogen-bond donors (Lipinski definition) is 1. The molecule has 0 bridgehead atoms. The van der Waals surface area contributed by atoms with E-state index in [0.29, 0.717) is 0 Å². The van der Waals surface area contributed by atoms with E-state index < -0.39 is 0 Å². The lowest BCUT2D eigenvalue weighted by atomic mass is 10.2. The van der Waals surface area contributed by atoms with Crippen LogP contribution in [0.3, 0.4) is 0 Å². The Hall–Kier alpha value is -0.480. The van der Waals surface area contributed by atoms with Crippen LogP contribution in [0.1, 0.15) is 40.5 Å². The molecule has 0 aliphatic heterocycles. The molecule has 0 aliphatic rings. The summed E-state index contributed by atoms with van der Waals surface area (Å²) in [6, 6.07) is 0.280. The van der Waals surface area contributed by atoms with Crippen LogP contribution < -0.4 is 5.73 Å². The molecule has 0 amide bonds. The van der Waals surface area contributed by atoms with Gasteiger partial charge < -0.3 is 5.73 Å². The van der Waals surface area contributed by atoms with E-state index in [4.69, 9.17) is 5.73 Å². The summed E-state index contributed by atoms with van der Waals surface area (Å²) in [6.07, 6.45) is 1.86. The molecule has 10 heavy (non-hydrogen) atoms. The van der Waals surface area contributed by atoms with Crippen molar-refractivity contribution in [2.75, 3.05) is 0 Å². The topological polar surface area (TPSA) is 26.0 Å². The summed E-state index contributed by atoms with van der Waals surface area (Å²) in [5.74, 6) is 5.73. The van der Waals surface area contributed by atoms with Gasteiger partial charge in [0, 0.05) is 12.5 Å². The molecule has 0 fully saturated rings.